The number of hydrogen-bond donors (Lipinski definition) is 2. The predicted octanol–water partition coefficient (Wildman–Crippen LogP) is 2.80. The Kier molecular flexibility index (Phi) is 6.06. The van der Waals surface area contributed by atoms with E-state index in [0.717, 1.165) is 11.3 Å². The minimum absolute atomic E-state index is 0.146. The molecule has 1 aromatic heterocycles. The fraction of sp³-hybridized carbons (Fsp3) is 0.190. The fourth-order valence-corrected chi connectivity index (χ4v) is 2.57. The molecule has 0 atom stereocenters. The lowest BCUT2D eigenvalue weighted by Crippen LogP contribution is -2.41. The minimum atomic E-state index is -0.375. The molecule has 0 saturated heterocycles. The third-order valence-electron chi connectivity index (χ3n) is 4.12. The summed E-state index contributed by atoms with van der Waals surface area (Å²) in [5.74, 6) is 0.431. The summed E-state index contributed by atoms with van der Waals surface area (Å²) in [4.78, 5) is 30.3. The highest BCUT2D eigenvalue weighted by Crippen LogP contribution is 2.20. The van der Waals surface area contributed by atoms with Crippen molar-refractivity contribution in [3.05, 3.63) is 72.2 Å². The van der Waals surface area contributed by atoms with Crippen LogP contribution in [-0.2, 0) is 11.2 Å². The minimum Gasteiger partial charge on any atom is -0.441 e. The van der Waals surface area contributed by atoms with E-state index in [4.69, 9.17) is 4.42 Å². The molecule has 2 N–H and O–H groups in total. The van der Waals surface area contributed by atoms with E-state index in [1.807, 2.05) is 55.4 Å². The Labute approximate surface area is 163 Å². The van der Waals surface area contributed by atoms with Crippen LogP contribution in [0.4, 0.5) is 5.69 Å². The number of anilines is 1. The summed E-state index contributed by atoms with van der Waals surface area (Å²) in [5, 5.41) is 0. The van der Waals surface area contributed by atoms with Gasteiger partial charge in [0.25, 0.3) is 5.91 Å². The molecule has 0 spiro atoms. The number of amides is 2. The molecule has 0 fully saturated rings. The molecule has 3 rings (SSSR count). The van der Waals surface area contributed by atoms with Crippen LogP contribution in [0.5, 0.6) is 0 Å². The van der Waals surface area contributed by atoms with Gasteiger partial charge in [-0.3, -0.25) is 20.4 Å². The van der Waals surface area contributed by atoms with Crippen LogP contribution in [0.2, 0.25) is 0 Å². The van der Waals surface area contributed by atoms with E-state index in [1.165, 1.54) is 0 Å². The van der Waals surface area contributed by atoms with E-state index in [9.17, 15) is 9.59 Å². The lowest BCUT2D eigenvalue weighted by Gasteiger charge is -2.13. The summed E-state index contributed by atoms with van der Waals surface area (Å²) >= 11 is 0. The van der Waals surface area contributed by atoms with E-state index in [0.29, 0.717) is 23.6 Å². The standard InChI is InChI=1S/C21H22N4O3/c1-25(2)17-10-6-9-16(13-17)21(27)24-23-19(26)11-12-20-22-14-18(28-20)15-7-4-3-5-8-15/h3-10,13-14H,11-12H2,1-2H3,(H,23,26)(H,24,27). The van der Waals surface area contributed by atoms with Crippen molar-refractivity contribution in [2.24, 2.45) is 0 Å². The molecule has 2 aromatic carbocycles. The van der Waals surface area contributed by atoms with Crippen molar-refractivity contribution in [2.45, 2.75) is 12.8 Å². The second kappa shape index (κ2) is 8.85. The van der Waals surface area contributed by atoms with Gasteiger partial charge in [0.15, 0.2) is 11.7 Å². The molecule has 0 aliphatic carbocycles. The third-order valence-corrected chi connectivity index (χ3v) is 4.12. The van der Waals surface area contributed by atoms with Gasteiger partial charge in [-0.25, -0.2) is 4.98 Å². The van der Waals surface area contributed by atoms with Gasteiger partial charge in [0.2, 0.25) is 5.91 Å². The molecule has 7 heteroatoms. The van der Waals surface area contributed by atoms with Gasteiger partial charge in [-0.05, 0) is 18.2 Å². The SMILES string of the molecule is CN(C)c1cccc(C(=O)NNC(=O)CCc2ncc(-c3ccccc3)o2)c1. The summed E-state index contributed by atoms with van der Waals surface area (Å²) < 4.78 is 5.67. The largest absolute Gasteiger partial charge is 0.441 e. The molecule has 0 bridgehead atoms. The van der Waals surface area contributed by atoms with Crippen LogP contribution in [0.25, 0.3) is 11.3 Å². The number of hydrazine groups is 1. The topological polar surface area (TPSA) is 87.5 Å². The lowest BCUT2D eigenvalue weighted by molar-refractivity contribution is -0.121. The van der Waals surface area contributed by atoms with Crippen molar-refractivity contribution >= 4 is 17.5 Å². The maximum absolute atomic E-state index is 12.2. The van der Waals surface area contributed by atoms with Crippen LogP contribution in [0.1, 0.15) is 22.7 Å². The summed E-state index contributed by atoms with van der Waals surface area (Å²) in [6, 6.07) is 16.7. The van der Waals surface area contributed by atoms with Crippen LogP contribution >= 0.6 is 0 Å². The van der Waals surface area contributed by atoms with Gasteiger partial charge in [0.1, 0.15) is 0 Å². The first kappa shape index (κ1) is 19.2. The van der Waals surface area contributed by atoms with Crippen molar-refractivity contribution < 1.29 is 14.0 Å². The Morgan fingerprint density at radius 2 is 1.82 bits per heavy atom. The lowest BCUT2D eigenvalue weighted by atomic mass is 10.2. The van der Waals surface area contributed by atoms with Crippen LogP contribution in [0.3, 0.4) is 0 Å². The highest BCUT2D eigenvalue weighted by atomic mass is 16.4. The second-order valence-corrected chi connectivity index (χ2v) is 6.43. The van der Waals surface area contributed by atoms with E-state index < -0.39 is 0 Å². The van der Waals surface area contributed by atoms with Gasteiger partial charge >= 0.3 is 0 Å². The van der Waals surface area contributed by atoms with Crippen molar-refractivity contribution in [1.82, 2.24) is 15.8 Å². The van der Waals surface area contributed by atoms with Gasteiger partial charge < -0.3 is 9.32 Å². The quantitative estimate of drug-likeness (QED) is 0.644. The number of carbonyl (C=O) groups is 2. The summed E-state index contributed by atoms with van der Waals surface area (Å²) in [5.41, 5.74) is 7.13. The molecule has 1 heterocycles. The fourth-order valence-electron chi connectivity index (χ4n) is 2.57. The monoisotopic (exact) mass is 378 g/mol. The van der Waals surface area contributed by atoms with Crippen LogP contribution in [0.15, 0.2) is 65.2 Å². The predicted molar refractivity (Wildman–Crippen MR) is 107 cm³/mol. The summed E-state index contributed by atoms with van der Waals surface area (Å²) in [6.07, 6.45) is 2.12. The highest BCUT2D eigenvalue weighted by Gasteiger charge is 2.11. The van der Waals surface area contributed by atoms with Gasteiger partial charge in [-0.1, -0.05) is 36.4 Å². The van der Waals surface area contributed by atoms with E-state index in [2.05, 4.69) is 15.8 Å². The molecule has 3 aromatic rings. The Morgan fingerprint density at radius 1 is 1.04 bits per heavy atom. The average Bonchev–Trinajstić information content (AvgIpc) is 3.20. The zero-order chi connectivity index (χ0) is 19.9. The Balaban J connectivity index is 1.48. The highest BCUT2D eigenvalue weighted by molar-refractivity contribution is 5.96. The summed E-state index contributed by atoms with van der Waals surface area (Å²) in [6.45, 7) is 0. The van der Waals surface area contributed by atoms with Crippen LogP contribution in [0, 0.1) is 0 Å². The van der Waals surface area contributed by atoms with Gasteiger partial charge in [-0.15, -0.1) is 0 Å². The zero-order valence-corrected chi connectivity index (χ0v) is 15.8. The number of carbonyl (C=O) groups excluding carboxylic acids is 2. The molecule has 0 unspecified atom stereocenters. The first-order valence-corrected chi connectivity index (χ1v) is 8.89. The average molecular weight is 378 g/mol. The van der Waals surface area contributed by atoms with E-state index in [-0.39, 0.29) is 18.2 Å². The second-order valence-electron chi connectivity index (χ2n) is 6.43. The first-order chi connectivity index (χ1) is 13.5. The smallest absolute Gasteiger partial charge is 0.269 e. The van der Waals surface area contributed by atoms with Gasteiger partial charge in [0, 0.05) is 43.8 Å². The molecule has 0 aliphatic rings. The molecule has 0 aliphatic heterocycles. The number of benzene rings is 2. The first-order valence-electron chi connectivity index (χ1n) is 8.89. The maximum atomic E-state index is 12.2. The van der Waals surface area contributed by atoms with Crippen molar-refractivity contribution in [1.29, 1.82) is 0 Å². The van der Waals surface area contributed by atoms with E-state index >= 15 is 0 Å². The maximum Gasteiger partial charge on any atom is 0.269 e. The van der Waals surface area contributed by atoms with Crippen molar-refractivity contribution in [2.75, 3.05) is 19.0 Å². The molecule has 144 valence electrons. The number of nitrogens with one attached hydrogen (secondary N) is 2. The number of aromatic nitrogens is 1. The van der Waals surface area contributed by atoms with Gasteiger partial charge in [0.05, 0.1) is 6.20 Å². The zero-order valence-electron chi connectivity index (χ0n) is 15.8. The normalized spacial score (nSPS) is 10.4. The number of rotatable bonds is 6. The molecular formula is C21H22N4O3. The van der Waals surface area contributed by atoms with Crippen molar-refractivity contribution in [3.63, 3.8) is 0 Å². The molecule has 2 amide bonds. The Hall–Kier alpha value is -3.61. The van der Waals surface area contributed by atoms with Crippen LogP contribution < -0.4 is 15.8 Å². The van der Waals surface area contributed by atoms with E-state index in [1.54, 1.807) is 24.4 Å². The number of oxazole rings is 1. The third kappa shape index (κ3) is 4.97. The molecule has 0 saturated carbocycles. The van der Waals surface area contributed by atoms with Gasteiger partial charge in [-0.2, -0.15) is 0 Å². The Morgan fingerprint density at radius 3 is 2.57 bits per heavy atom. The number of aryl methyl sites for hydroxylation is 1. The summed E-state index contributed by atoms with van der Waals surface area (Å²) in [7, 11) is 3.79. The molecule has 28 heavy (non-hydrogen) atoms. The number of nitrogens with zero attached hydrogens (tertiary/aromatic N) is 2. The molecular weight excluding hydrogens is 356 g/mol. The molecule has 7 nitrogen and oxygen atoms in total. The Bertz CT molecular complexity index is 951. The van der Waals surface area contributed by atoms with Crippen LogP contribution in [-0.4, -0.2) is 30.9 Å². The number of hydrogen-bond acceptors (Lipinski definition) is 5. The van der Waals surface area contributed by atoms with Crippen molar-refractivity contribution in [3.8, 4) is 11.3 Å². The molecule has 0 radical (unpaired) electrons.